The molecule has 0 radical (unpaired) electrons. The maximum Gasteiger partial charge on any atom is 0.163 e. The smallest absolute Gasteiger partial charge is 0.163 e. The summed E-state index contributed by atoms with van der Waals surface area (Å²) in [6, 6.07) is 4.09. The summed E-state index contributed by atoms with van der Waals surface area (Å²) in [5.41, 5.74) is 8.53. The Labute approximate surface area is 96.5 Å². The largest absolute Gasteiger partial charge is 0.493 e. The molecule has 0 aromatic heterocycles. The maximum atomic E-state index is 5.86. The Balaban J connectivity index is 2.49. The molecule has 0 spiro atoms. The van der Waals surface area contributed by atoms with Crippen LogP contribution in [-0.4, -0.2) is 20.8 Å². The summed E-state index contributed by atoms with van der Waals surface area (Å²) in [4.78, 5) is 0. The summed E-state index contributed by atoms with van der Waals surface area (Å²) >= 11 is 0. The topological polar surface area (TPSA) is 44.5 Å². The van der Waals surface area contributed by atoms with Crippen LogP contribution in [0.2, 0.25) is 0 Å². The minimum atomic E-state index is 0.198. The van der Waals surface area contributed by atoms with Gasteiger partial charge in [0, 0.05) is 12.0 Å². The zero-order valence-corrected chi connectivity index (χ0v) is 10.2. The molecule has 16 heavy (non-hydrogen) atoms. The summed E-state index contributed by atoms with van der Waals surface area (Å²) in [7, 11) is 3.34. The monoisotopic (exact) mass is 221 g/mol. The molecule has 0 saturated heterocycles. The van der Waals surface area contributed by atoms with Crippen LogP contribution in [0.3, 0.4) is 0 Å². The predicted molar refractivity (Wildman–Crippen MR) is 64.2 cm³/mol. The van der Waals surface area contributed by atoms with E-state index in [2.05, 4.69) is 13.0 Å². The molecule has 0 heterocycles. The van der Waals surface area contributed by atoms with Crippen LogP contribution in [0, 0.1) is 6.92 Å². The van der Waals surface area contributed by atoms with Crippen molar-refractivity contribution in [2.75, 3.05) is 20.8 Å². The van der Waals surface area contributed by atoms with Crippen LogP contribution >= 0.6 is 0 Å². The average Bonchev–Trinajstić information content (AvgIpc) is 3.09. The number of methoxy groups -OCH3 is 2. The van der Waals surface area contributed by atoms with E-state index in [1.54, 1.807) is 14.2 Å². The van der Waals surface area contributed by atoms with Gasteiger partial charge in [0.15, 0.2) is 11.5 Å². The van der Waals surface area contributed by atoms with Crippen molar-refractivity contribution in [2.45, 2.75) is 25.2 Å². The molecule has 88 valence electrons. The van der Waals surface area contributed by atoms with Crippen molar-refractivity contribution < 1.29 is 9.47 Å². The second-order valence-corrected chi connectivity index (χ2v) is 4.46. The van der Waals surface area contributed by atoms with Crippen LogP contribution < -0.4 is 15.2 Å². The number of rotatable bonds is 4. The van der Waals surface area contributed by atoms with Gasteiger partial charge in [0.05, 0.1) is 14.2 Å². The van der Waals surface area contributed by atoms with Gasteiger partial charge in [-0.1, -0.05) is 6.07 Å². The molecular formula is C13H19NO2. The van der Waals surface area contributed by atoms with E-state index in [1.165, 1.54) is 18.4 Å². The molecule has 2 rings (SSSR count). The first-order chi connectivity index (χ1) is 7.68. The Bertz CT molecular complexity index is 397. The van der Waals surface area contributed by atoms with E-state index in [0.717, 1.165) is 17.1 Å². The first-order valence-electron chi connectivity index (χ1n) is 5.60. The van der Waals surface area contributed by atoms with Gasteiger partial charge in [0.2, 0.25) is 0 Å². The molecule has 0 aliphatic heterocycles. The summed E-state index contributed by atoms with van der Waals surface area (Å²) < 4.78 is 10.7. The first kappa shape index (κ1) is 11.3. The molecule has 1 fully saturated rings. The molecule has 0 atom stereocenters. The van der Waals surface area contributed by atoms with Crippen LogP contribution in [0.25, 0.3) is 0 Å². The van der Waals surface area contributed by atoms with Crippen LogP contribution in [0.15, 0.2) is 12.1 Å². The van der Waals surface area contributed by atoms with Gasteiger partial charge in [0.1, 0.15) is 0 Å². The van der Waals surface area contributed by atoms with Crippen molar-refractivity contribution in [2.24, 2.45) is 5.73 Å². The number of ether oxygens (including phenoxy) is 2. The van der Waals surface area contributed by atoms with Crippen molar-refractivity contribution in [1.29, 1.82) is 0 Å². The molecule has 1 aliphatic rings. The number of benzene rings is 1. The van der Waals surface area contributed by atoms with Gasteiger partial charge in [-0.2, -0.15) is 0 Å². The molecule has 2 N–H and O–H groups in total. The molecule has 1 aromatic carbocycles. The third-order valence-corrected chi connectivity index (χ3v) is 3.61. The van der Waals surface area contributed by atoms with E-state index < -0.39 is 0 Å². The summed E-state index contributed by atoms with van der Waals surface area (Å²) in [5.74, 6) is 1.62. The number of hydrogen-bond donors (Lipinski definition) is 1. The van der Waals surface area contributed by atoms with Crippen LogP contribution in [-0.2, 0) is 5.41 Å². The van der Waals surface area contributed by atoms with Crippen LogP contribution in [0.5, 0.6) is 11.5 Å². The van der Waals surface area contributed by atoms with E-state index >= 15 is 0 Å². The highest BCUT2D eigenvalue weighted by Gasteiger charge is 2.44. The molecule has 0 bridgehead atoms. The van der Waals surface area contributed by atoms with Gasteiger partial charge < -0.3 is 15.2 Å². The fourth-order valence-corrected chi connectivity index (χ4v) is 2.39. The third kappa shape index (κ3) is 1.55. The van der Waals surface area contributed by atoms with Crippen molar-refractivity contribution in [3.63, 3.8) is 0 Å². The molecular weight excluding hydrogens is 202 g/mol. The summed E-state index contributed by atoms with van der Waals surface area (Å²) in [6.07, 6.45) is 2.36. The van der Waals surface area contributed by atoms with Crippen molar-refractivity contribution in [3.05, 3.63) is 23.3 Å². The minimum absolute atomic E-state index is 0.198. The number of nitrogens with two attached hydrogens (primary N) is 1. The Kier molecular flexibility index (Phi) is 2.80. The molecule has 3 heteroatoms. The van der Waals surface area contributed by atoms with E-state index in [0.29, 0.717) is 6.54 Å². The second-order valence-electron chi connectivity index (χ2n) is 4.46. The molecule has 0 amide bonds. The summed E-state index contributed by atoms with van der Waals surface area (Å²) in [6.45, 7) is 2.79. The molecule has 1 saturated carbocycles. The molecule has 0 unspecified atom stereocenters. The first-order valence-corrected chi connectivity index (χ1v) is 5.60. The number of hydrogen-bond acceptors (Lipinski definition) is 3. The lowest BCUT2D eigenvalue weighted by Crippen LogP contribution is -2.21. The van der Waals surface area contributed by atoms with Gasteiger partial charge in [-0.05, 0) is 37.0 Å². The fourth-order valence-electron chi connectivity index (χ4n) is 2.39. The quantitative estimate of drug-likeness (QED) is 0.845. The fraction of sp³-hybridized carbons (Fsp3) is 0.538. The van der Waals surface area contributed by atoms with Gasteiger partial charge in [-0.15, -0.1) is 0 Å². The molecule has 1 aliphatic carbocycles. The van der Waals surface area contributed by atoms with Crippen molar-refractivity contribution >= 4 is 0 Å². The zero-order chi connectivity index (χ0) is 11.8. The predicted octanol–water partition coefficient (Wildman–Crippen LogP) is 2.00. The highest BCUT2D eigenvalue weighted by molar-refractivity contribution is 5.53. The highest BCUT2D eigenvalue weighted by Crippen LogP contribution is 2.50. The Morgan fingerprint density at radius 1 is 1.25 bits per heavy atom. The third-order valence-electron chi connectivity index (χ3n) is 3.61. The van der Waals surface area contributed by atoms with E-state index in [-0.39, 0.29) is 5.41 Å². The maximum absolute atomic E-state index is 5.86. The van der Waals surface area contributed by atoms with Crippen molar-refractivity contribution in [3.8, 4) is 11.5 Å². The van der Waals surface area contributed by atoms with Gasteiger partial charge in [-0.25, -0.2) is 0 Å². The van der Waals surface area contributed by atoms with Crippen molar-refractivity contribution in [1.82, 2.24) is 0 Å². The molecule has 3 nitrogen and oxygen atoms in total. The van der Waals surface area contributed by atoms with E-state index in [4.69, 9.17) is 15.2 Å². The van der Waals surface area contributed by atoms with Gasteiger partial charge in [-0.3, -0.25) is 0 Å². The van der Waals surface area contributed by atoms with Gasteiger partial charge >= 0.3 is 0 Å². The standard InChI is InChI=1S/C13H19NO2/c1-9-10(13(8-14)6-7-13)4-5-11(15-2)12(9)16-3/h4-5H,6-8,14H2,1-3H3. The second kappa shape index (κ2) is 3.98. The highest BCUT2D eigenvalue weighted by atomic mass is 16.5. The lowest BCUT2D eigenvalue weighted by molar-refractivity contribution is 0.352. The zero-order valence-electron chi connectivity index (χ0n) is 10.2. The van der Waals surface area contributed by atoms with E-state index in [1.807, 2.05) is 6.07 Å². The summed E-state index contributed by atoms with van der Waals surface area (Å²) in [5, 5.41) is 0. The molecule has 1 aromatic rings. The minimum Gasteiger partial charge on any atom is -0.493 e. The van der Waals surface area contributed by atoms with Gasteiger partial charge in [0.25, 0.3) is 0 Å². The Hall–Kier alpha value is -1.22. The SMILES string of the molecule is COc1ccc(C2(CN)CC2)c(C)c1OC. The lowest BCUT2D eigenvalue weighted by Gasteiger charge is -2.19. The van der Waals surface area contributed by atoms with E-state index in [9.17, 15) is 0 Å². The van der Waals surface area contributed by atoms with Crippen LogP contribution in [0.4, 0.5) is 0 Å². The van der Waals surface area contributed by atoms with Crippen LogP contribution in [0.1, 0.15) is 24.0 Å². The average molecular weight is 221 g/mol. The Morgan fingerprint density at radius 3 is 2.38 bits per heavy atom. The normalized spacial score (nSPS) is 17.0. The Morgan fingerprint density at radius 2 is 1.94 bits per heavy atom. The lowest BCUT2D eigenvalue weighted by atomic mass is 9.91.